The van der Waals surface area contributed by atoms with Crippen LogP contribution < -0.4 is 10.7 Å². The summed E-state index contributed by atoms with van der Waals surface area (Å²) in [5.74, 6) is 0.331. The highest BCUT2D eigenvalue weighted by Crippen LogP contribution is 2.37. The summed E-state index contributed by atoms with van der Waals surface area (Å²) in [7, 11) is 0. The third-order valence-electron chi connectivity index (χ3n) is 4.51. The maximum atomic E-state index is 13.1. The number of fused-ring (bicyclic) bond motifs is 1. The summed E-state index contributed by atoms with van der Waals surface area (Å²) in [5.41, 5.74) is 4.97. The van der Waals surface area contributed by atoms with E-state index in [2.05, 4.69) is 27.9 Å². The molecule has 28 heavy (non-hydrogen) atoms. The summed E-state index contributed by atoms with van der Waals surface area (Å²) < 4.78 is 15.0. The Bertz CT molecular complexity index is 960. The van der Waals surface area contributed by atoms with Crippen LogP contribution in [0.3, 0.4) is 0 Å². The van der Waals surface area contributed by atoms with E-state index in [9.17, 15) is 9.18 Å². The Balaban J connectivity index is 1.64. The lowest BCUT2D eigenvalue weighted by atomic mass is 10.0. The van der Waals surface area contributed by atoms with Gasteiger partial charge in [-0.3, -0.25) is 4.79 Å². The Labute approximate surface area is 166 Å². The number of aromatic nitrogens is 3. The van der Waals surface area contributed by atoms with Crippen molar-refractivity contribution in [2.24, 2.45) is 0 Å². The maximum absolute atomic E-state index is 13.1. The van der Waals surface area contributed by atoms with Crippen LogP contribution in [0.1, 0.15) is 30.8 Å². The van der Waals surface area contributed by atoms with Crippen LogP contribution in [0.4, 0.5) is 10.1 Å². The topological polar surface area (TPSA) is 71.8 Å². The molecule has 2 aromatic carbocycles. The SMILES string of the molecule is CCCc1nnc2n1N[C@@H](c1ccccc1)[C@H](C(=O)Nc1ccc(F)cc1)S2. The Morgan fingerprint density at radius 3 is 2.64 bits per heavy atom. The molecule has 6 nitrogen and oxygen atoms in total. The van der Waals surface area contributed by atoms with E-state index in [1.54, 1.807) is 12.1 Å². The Kier molecular flexibility index (Phi) is 5.29. The average molecular weight is 397 g/mol. The van der Waals surface area contributed by atoms with E-state index >= 15 is 0 Å². The zero-order chi connectivity index (χ0) is 19.5. The second kappa shape index (κ2) is 8.02. The lowest BCUT2D eigenvalue weighted by molar-refractivity contribution is -0.116. The van der Waals surface area contributed by atoms with Crippen molar-refractivity contribution in [1.82, 2.24) is 14.9 Å². The van der Waals surface area contributed by atoms with Crippen LogP contribution in [0.15, 0.2) is 59.8 Å². The van der Waals surface area contributed by atoms with Gasteiger partial charge in [-0.05, 0) is 36.2 Å². The van der Waals surface area contributed by atoms with Crippen molar-refractivity contribution in [2.45, 2.75) is 36.2 Å². The van der Waals surface area contributed by atoms with Crippen molar-refractivity contribution in [3.8, 4) is 0 Å². The van der Waals surface area contributed by atoms with Gasteiger partial charge in [-0.15, -0.1) is 10.2 Å². The second-order valence-corrected chi connectivity index (χ2v) is 7.64. The van der Waals surface area contributed by atoms with E-state index in [1.807, 2.05) is 35.0 Å². The normalized spacial score (nSPS) is 18.2. The first-order valence-corrected chi connectivity index (χ1v) is 10.0. The quantitative estimate of drug-likeness (QED) is 0.686. The second-order valence-electron chi connectivity index (χ2n) is 6.54. The number of halogens is 1. The van der Waals surface area contributed by atoms with Crippen molar-refractivity contribution < 1.29 is 9.18 Å². The number of carbonyl (C=O) groups excluding carboxylic acids is 1. The first-order chi connectivity index (χ1) is 13.7. The van der Waals surface area contributed by atoms with Crippen LogP contribution in [0.25, 0.3) is 0 Å². The van der Waals surface area contributed by atoms with Gasteiger partial charge in [0.15, 0.2) is 5.82 Å². The molecule has 2 N–H and O–H groups in total. The molecule has 4 rings (SSSR count). The monoisotopic (exact) mass is 397 g/mol. The average Bonchev–Trinajstić information content (AvgIpc) is 3.12. The van der Waals surface area contributed by atoms with Gasteiger partial charge in [0.1, 0.15) is 11.1 Å². The fourth-order valence-electron chi connectivity index (χ4n) is 3.14. The van der Waals surface area contributed by atoms with Crippen LogP contribution in [-0.4, -0.2) is 26.0 Å². The summed E-state index contributed by atoms with van der Waals surface area (Å²) in [5, 5.41) is 11.6. The van der Waals surface area contributed by atoms with Gasteiger partial charge in [-0.2, -0.15) is 0 Å². The number of carbonyl (C=O) groups is 1. The van der Waals surface area contributed by atoms with Crippen LogP contribution in [-0.2, 0) is 11.2 Å². The summed E-state index contributed by atoms with van der Waals surface area (Å²) in [6, 6.07) is 15.3. The third kappa shape index (κ3) is 3.73. The number of nitrogens with one attached hydrogen (secondary N) is 2. The number of hydrogen-bond acceptors (Lipinski definition) is 5. The van der Waals surface area contributed by atoms with Gasteiger partial charge in [0.05, 0.1) is 6.04 Å². The molecular formula is C20H20FN5OS. The predicted molar refractivity (Wildman–Crippen MR) is 107 cm³/mol. The lowest BCUT2D eigenvalue weighted by Crippen LogP contribution is -2.41. The minimum atomic E-state index is -0.460. The minimum absolute atomic E-state index is 0.177. The highest BCUT2D eigenvalue weighted by atomic mass is 32.2. The third-order valence-corrected chi connectivity index (χ3v) is 5.72. The zero-order valence-electron chi connectivity index (χ0n) is 15.3. The molecule has 1 aromatic heterocycles. The molecule has 0 saturated carbocycles. The standard InChI is InChI=1S/C20H20FN5OS/c1-2-6-16-23-24-20-26(16)25-17(13-7-4-3-5-8-13)18(28-20)19(27)22-15-11-9-14(21)10-12-15/h3-5,7-12,17-18,25H,2,6H2,1H3,(H,22,27)/t17-,18+/m0/s1. The molecule has 8 heteroatoms. The number of thioether (sulfide) groups is 1. The molecule has 0 aliphatic carbocycles. The molecule has 0 saturated heterocycles. The van der Waals surface area contributed by atoms with Crippen molar-refractivity contribution in [3.63, 3.8) is 0 Å². The number of rotatable bonds is 5. The molecule has 2 heterocycles. The van der Waals surface area contributed by atoms with E-state index in [0.29, 0.717) is 10.8 Å². The van der Waals surface area contributed by atoms with Crippen molar-refractivity contribution in [3.05, 3.63) is 71.8 Å². The lowest BCUT2D eigenvalue weighted by Gasteiger charge is -2.33. The number of benzene rings is 2. The number of aryl methyl sites for hydroxylation is 1. The number of anilines is 1. The van der Waals surface area contributed by atoms with Crippen molar-refractivity contribution in [2.75, 3.05) is 10.7 Å². The molecule has 0 radical (unpaired) electrons. The summed E-state index contributed by atoms with van der Waals surface area (Å²) in [6.07, 6.45) is 1.75. The molecule has 0 spiro atoms. The molecule has 0 unspecified atom stereocenters. The smallest absolute Gasteiger partial charge is 0.240 e. The zero-order valence-corrected chi connectivity index (χ0v) is 16.1. The molecular weight excluding hydrogens is 377 g/mol. The molecule has 3 aromatic rings. The largest absolute Gasteiger partial charge is 0.325 e. The van der Waals surface area contributed by atoms with Gasteiger partial charge in [0.2, 0.25) is 11.1 Å². The summed E-state index contributed by atoms with van der Waals surface area (Å²) in [6.45, 7) is 2.09. The number of nitrogens with zero attached hydrogens (tertiary/aromatic N) is 3. The van der Waals surface area contributed by atoms with E-state index in [-0.39, 0.29) is 17.8 Å². The van der Waals surface area contributed by atoms with E-state index in [1.165, 1.54) is 23.9 Å². The molecule has 1 aliphatic heterocycles. The summed E-state index contributed by atoms with van der Waals surface area (Å²) >= 11 is 1.38. The highest BCUT2D eigenvalue weighted by Gasteiger charge is 2.37. The first-order valence-electron chi connectivity index (χ1n) is 9.14. The molecule has 0 fully saturated rings. The number of amides is 1. The molecule has 2 atom stereocenters. The number of hydrogen-bond donors (Lipinski definition) is 2. The van der Waals surface area contributed by atoms with Crippen LogP contribution in [0, 0.1) is 5.82 Å². The Morgan fingerprint density at radius 2 is 1.93 bits per heavy atom. The van der Waals surface area contributed by atoms with Gasteiger partial charge in [0, 0.05) is 12.1 Å². The van der Waals surface area contributed by atoms with Gasteiger partial charge in [-0.25, -0.2) is 9.07 Å². The van der Waals surface area contributed by atoms with Gasteiger partial charge in [-0.1, -0.05) is 49.0 Å². The first kappa shape index (κ1) is 18.5. The highest BCUT2D eigenvalue weighted by molar-refractivity contribution is 8.00. The fourth-order valence-corrected chi connectivity index (χ4v) is 4.24. The van der Waals surface area contributed by atoms with Gasteiger partial charge >= 0.3 is 0 Å². The molecule has 1 aliphatic rings. The van der Waals surface area contributed by atoms with Gasteiger partial charge < -0.3 is 10.7 Å². The van der Waals surface area contributed by atoms with E-state index in [4.69, 9.17) is 0 Å². The van der Waals surface area contributed by atoms with Crippen molar-refractivity contribution >= 4 is 23.4 Å². The van der Waals surface area contributed by atoms with Crippen LogP contribution in [0.5, 0.6) is 0 Å². The predicted octanol–water partition coefficient (Wildman–Crippen LogP) is 3.77. The fraction of sp³-hybridized carbons (Fsp3) is 0.250. The van der Waals surface area contributed by atoms with E-state index in [0.717, 1.165) is 24.2 Å². The van der Waals surface area contributed by atoms with Gasteiger partial charge in [0.25, 0.3) is 0 Å². The van der Waals surface area contributed by atoms with Crippen LogP contribution >= 0.6 is 11.8 Å². The minimum Gasteiger partial charge on any atom is -0.325 e. The maximum Gasteiger partial charge on any atom is 0.240 e. The summed E-state index contributed by atoms with van der Waals surface area (Å²) in [4.78, 5) is 13.1. The molecule has 1 amide bonds. The Hall–Kier alpha value is -2.87. The molecule has 144 valence electrons. The Morgan fingerprint density at radius 1 is 1.18 bits per heavy atom. The molecule has 0 bridgehead atoms. The van der Waals surface area contributed by atoms with Crippen molar-refractivity contribution in [1.29, 1.82) is 0 Å². The van der Waals surface area contributed by atoms with Crippen LogP contribution in [0.2, 0.25) is 0 Å². The van der Waals surface area contributed by atoms with E-state index < -0.39 is 5.25 Å².